The van der Waals surface area contributed by atoms with Crippen LogP contribution < -0.4 is 10.6 Å². The van der Waals surface area contributed by atoms with Crippen LogP contribution in [0.4, 0.5) is 15.9 Å². The van der Waals surface area contributed by atoms with Gasteiger partial charge in [-0.1, -0.05) is 0 Å². The highest BCUT2D eigenvalue weighted by Crippen LogP contribution is 2.38. The molecule has 11 heteroatoms. The number of nitrogens with zero attached hydrogens (tertiary/aromatic N) is 7. The molecular formula is C22H21FN8O2. The van der Waals surface area contributed by atoms with E-state index in [0.29, 0.717) is 52.6 Å². The van der Waals surface area contributed by atoms with Gasteiger partial charge in [-0.15, -0.1) is 10.2 Å². The zero-order valence-corrected chi connectivity index (χ0v) is 18.1. The van der Waals surface area contributed by atoms with E-state index in [0.717, 1.165) is 0 Å². The molecule has 1 amide bonds. The number of carbonyl (C=O) groups is 1. The van der Waals surface area contributed by atoms with Crippen molar-refractivity contribution < 1.29 is 13.9 Å². The molecule has 2 aliphatic rings. The molecule has 33 heavy (non-hydrogen) atoms. The van der Waals surface area contributed by atoms with Gasteiger partial charge in [0.05, 0.1) is 42.7 Å². The maximum absolute atomic E-state index is 14.3. The number of anilines is 2. The minimum Gasteiger partial charge on any atom is -0.380 e. The average molecular weight is 448 g/mol. The Hall–Kier alpha value is -4.04. The fraction of sp³-hybridized carbons (Fsp3) is 0.318. The monoisotopic (exact) mass is 448 g/mol. The van der Waals surface area contributed by atoms with Gasteiger partial charge >= 0.3 is 0 Å². The molecule has 0 radical (unpaired) electrons. The normalized spacial score (nSPS) is 17.9. The summed E-state index contributed by atoms with van der Waals surface area (Å²) in [5.41, 5.74) is 9.38. The van der Waals surface area contributed by atoms with E-state index >= 15 is 0 Å². The molecular weight excluding hydrogens is 427 g/mol. The van der Waals surface area contributed by atoms with Crippen molar-refractivity contribution in [1.82, 2.24) is 24.9 Å². The number of fused-ring (bicyclic) bond motifs is 8. The Bertz CT molecular complexity index is 1310. The summed E-state index contributed by atoms with van der Waals surface area (Å²) in [5, 5.41) is 22.6. The number of amides is 1. The van der Waals surface area contributed by atoms with Crippen molar-refractivity contribution in [3.8, 4) is 17.3 Å². The van der Waals surface area contributed by atoms with Crippen LogP contribution in [0.25, 0.3) is 11.3 Å². The summed E-state index contributed by atoms with van der Waals surface area (Å²) in [6, 6.07) is 7.59. The first kappa shape index (κ1) is 20.8. The molecule has 0 aliphatic carbocycles. The molecule has 1 atom stereocenters. The molecule has 5 rings (SSSR count). The number of nitrogen functional groups attached to an aromatic ring is 1. The van der Waals surface area contributed by atoms with Gasteiger partial charge in [0, 0.05) is 26.2 Å². The third kappa shape index (κ3) is 3.35. The molecule has 1 saturated heterocycles. The van der Waals surface area contributed by atoms with Crippen LogP contribution in [0.3, 0.4) is 0 Å². The zero-order valence-electron chi connectivity index (χ0n) is 18.1. The molecule has 2 aromatic heterocycles. The maximum Gasteiger partial charge on any atom is 0.254 e. The Labute approximate surface area is 189 Å². The fourth-order valence-corrected chi connectivity index (χ4v) is 4.49. The van der Waals surface area contributed by atoms with Crippen LogP contribution in [0.2, 0.25) is 0 Å². The number of aryl methyl sites for hydroxylation is 1. The lowest BCUT2D eigenvalue weighted by atomic mass is 9.96. The van der Waals surface area contributed by atoms with Gasteiger partial charge < -0.3 is 20.3 Å². The van der Waals surface area contributed by atoms with Crippen LogP contribution in [0.15, 0.2) is 24.3 Å². The summed E-state index contributed by atoms with van der Waals surface area (Å²) >= 11 is 0. The predicted octanol–water partition coefficient (Wildman–Crippen LogP) is 1.63. The standard InChI is InChI=1S/C22H21FN8O2/c1-29-10-16-20(18(9-24)30(2)28-16)15-8-17(21(25)27-26-15)31-5-6-33-11-19(31)14-7-12(23)3-4-13(14)22(29)32/h3-4,7-8,19H,5-6,10-11H2,1-2H3,(H2,25,27)/t19-/m1/s1. The highest BCUT2D eigenvalue weighted by molar-refractivity contribution is 5.96. The number of rotatable bonds is 0. The van der Waals surface area contributed by atoms with E-state index in [-0.39, 0.29) is 24.9 Å². The summed E-state index contributed by atoms with van der Waals surface area (Å²) in [7, 11) is 3.30. The van der Waals surface area contributed by atoms with Gasteiger partial charge in [0.25, 0.3) is 5.91 Å². The third-order valence-electron chi connectivity index (χ3n) is 6.06. The summed E-state index contributed by atoms with van der Waals surface area (Å²) in [6.45, 7) is 1.23. The average Bonchev–Trinajstić information content (AvgIpc) is 3.12. The van der Waals surface area contributed by atoms with E-state index in [1.807, 2.05) is 4.90 Å². The van der Waals surface area contributed by atoms with Crippen LogP contribution >= 0.6 is 0 Å². The number of halogens is 1. The Morgan fingerprint density at radius 3 is 2.88 bits per heavy atom. The summed E-state index contributed by atoms with van der Waals surface area (Å²) in [5.74, 6) is -0.559. The largest absolute Gasteiger partial charge is 0.380 e. The second-order valence-electron chi connectivity index (χ2n) is 8.08. The molecule has 0 unspecified atom stereocenters. The van der Waals surface area contributed by atoms with Crippen LogP contribution in [0, 0.1) is 17.1 Å². The van der Waals surface area contributed by atoms with Gasteiger partial charge in [-0.2, -0.15) is 10.4 Å². The highest BCUT2D eigenvalue weighted by Gasteiger charge is 2.33. The van der Waals surface area contributed by atoms with E-state index in [9.17, 15) is 14.4 Å². The molecule has 4 heterocycles. The predicted molar refractivity (Wildman–Crippen MR) is 116 cm³/mol. The molecule has 1 aromatic carbocycles. The summed E-state index contributed by atoms with van der Waals surface area (Å²) < 4.78 is 21.5. The zero-order chi connectivity index (χ0) is 23.3. The second kappa shape index (κ2) is 7.83. The Morgan fingerprint density at radius 2 is 2.09 bits per heavy atom. The van der Waals surface area contributed by atoms with Gasteiger partial charge in [-0.25, -0.2) is 4.39 Å². The number of hydrogen-bond acceptors (Lipinski definition) is 8. The second-order valence-corrected chi connectivity index (χ2v) is 8.08. The molecule has 0 spiro atoms. The molecule has 10 nitrogen and oxygen atoms in total. The van der Waals surface area contributed by atoms with Crippen LogP contribution in [0.5, 0.6) is 0 Å². The van der Waals surface area contributed by atoms with Crippen LogP contribution in [0.1, 0.15) is 33.4 Å². The molecule has 1 fully saturated rings. The summed E-state index contributed by atoms with van der Waals surface area (Å²) in [6.07, 6.45) is 0. The topological polar surface area (TPSA) is 126 Å². The Morgan fingerprint density at radius 1 is 1.27 bits per heavy atom. The van der Waals surface area contributed by atoms with E-state index in [1.165, 1.54) is 27.8 Å². The first-order valence-corrected chi connectivity index (χ1v) is 10.4. The molecule has 3 aromatic rings. The molecule has 0 saturated carbocycles. The number of morpholine rings is 1. The molecule has 2 N–H and O–H groups in total. The van der Waals surface area contributed by atoms with Gasteiger partial charge in [0.2, 0.25) is 0 Å². The number of carbonyl (C=O) groups excluding carboxylic acids is 1. The minimum absolute atomic E-state index is 0.118. The Balaban J connectivity index is 1.81. The highest BCUT2D eigenvalue weighted by atomic mass is 19.1. The quantitative estimate of drug-likeness (QED) is 0.550. The van der Waals surface area contributed by atoms with Crippen molar-refractivity contribution in [3.05, 3.63) is 52.6 Å². The third-order valence-corrected chi connectivity index (χ3v) is 6.06. The van der Waals surface area contributed by atoms with Crippen LogP contribution in [-0.4, -0.2) is 57.6 Å². The van der Waals surface area contributed by atoms with E-state index in [1.54, 1.807) is 20.2 Å². The lowest BCUT2D eigenvalue weighted by Crippen LogP contribution is -2.41. The number of nitrogens with two attached hydrogens (primary N) is 1. The lowest BCUT2D eigenvalue weighted by molar-refractivity contribution is 0.0772. The molecule has 168 valence electrons. The number of aromatic nitrogens is 4. The smallest absolute Gasteiger partial charge is 0.254 e. The van der Waals surface area contributed by atoms with Crippen molar-refractivity contribution in [1.29, 1.82) is 5.26 Å². The van der Waals surface area contributed by atoms with E-state index in [4.69, 9.17) is 10.5 Å². The minimum atomic E-state index is -0.468. The fourth-order valence-electron chi connectivity index (χ4n) is 4.49. The lowest BCUT2D eigenvalue weighted by Gasteiger charge is -2.39. The van der Waals surface area contributed by atoms with Crippen molar-refractivity contribution in [2.24, 2.45) is 7.05 Å². The van der Waals surface area contributed by atoms with Crippen LogP contribution in [-0.2, 0) is 18.3 Å². The first-order valence-electron chi connectivity index (χ1n) is 10.4. The van der Waals surface area contributed by atoms with E-state index in [2.05, 4.69) is 21.4 Å². The summed E-state index contributed by atoms with van der Waals surface area (Å²) in [4.78, 5) is 16.9. The maximum atomic E-state index is 14.3. The van der Waals surface area contributed by atoms with E-state index < -0.39 is 11.9 Å². The van der Waals surface area contributed by atoms with Gasteiger partial charge in [-0.3, -0.25) is 9.48 Å². The first-order chi connectivity index (χ1) is 15.9. The van der Waals surface area contributed by atoms with Gasteiger partial charge in [0.15, 0.2) is 5.82 Å². The van der Waals surface area contributed by atoms with Crippen molar-refractivity contribution in [2.75, 3.05) is 37.4 Å². The van der Waals surface area contributed by atoms with Crippen molar-refractivity contribution in [2.45, 2.75) is 12.6 Å². The SMILES string of the molecule is CN1Cc2nn(C)c(C#N)c2-c2cc(c(N)nn2)N2CCOC[C@@H]2c2cc(F)ccc2C1=O. The van der Waals surface area contributed by atoms with Gasteiger partial charge in [0.1, 0.15) is 23.3 Å². The Kier molecular flexibility index (Phi) is 4.94. The molecule has 2 aliphatic heterocycles. The van der Waals surface area contributed by atoms with Crippen molar-refractivity contribution in [3.63, 3.8) is 0 Å². The number of nitriles is 1. The van der Waals surface area contributed by atoms with Gasteiger partial charge in [-0.05, 0) is 29.8 Å². The number of hydrogen-bond donors (Lipinski definition) is 1. The van der Waals surface area contributed by atoms with Crippen molar-refractivity contribution >= 4 is 17.4 Å². The number of ether oxygens (including phenoxy) is 1. The molecule has 2 bridgehead atoms. The number of benzene rings is 1.